The van der Waals surface area contributed by atoms with Crippen LogP contribution < -0.4 is 0 Å². The van der Waals surface area contributed by atoms with E-state index in [1.165, 1.54) is 7.11 Å². The molecule has 8 aliphatic rings. The molecule has 462 valence electrons. The van der Waals surface area contributed by atoms with Crippen LogP contribution in [0.5, 0.6) is 0 Å². The predicted molar refractivity (Wildman–Crippen MR) is 272 cm³/mol. The SMILES string of the molecule is CO[C@@](CCC=C(C)C)(O[C@@H]1O[C@H](CO[C@@H]2OC[C@H](O)[C@@H](O)[C@@H]2O)[C@@H](O)[C@H](O)[C@H]1O)[C@H]1CC[C@]2(C)[C@H]1[C@H](O)C[C@@H]1[C@@]3(C)CC[C@H](O[C@@H]4O[C@H](COC(C)=O)[C@@H](O)[C@H](O)[C@H]4O[C@@H]4O[C@@H](CO)[C@H](O)[C@@H](O)[C@@H]4O)C(C)(C)[C@H]3[C@@H](O)C[C@]12C. The third-order valence-electron chi connectivity index (χ3n) is 20.6. The fraction of sp³-hybridized carbons (Fsp3) is 0.945. The van der Waals surface area contributed by atoms with E-state index >= 15 is 0 Å². The van der Waals surface area contributed by atoms with Crippen LogP contribution >= 0.6 is 0 Å². The summed E-state index contributed by atoms with van der Waals surface area (Å²) in [5, 5.41) is 155. The van der Waals surface area contributed by atoms with Gasteiger partial charge in [0.2, 0.25) is 0 Å². The van der Waals surface area contributed by atoms with Crippen LogP contribution in [-0.4, -0.2) is 252 Å². The summed E-state index contributed by atoms with van der Waals surface area (Å²) in [5.41, 5.74) is -1.82. The number of aliphatic hydroxyl groups is 14. The van der Waals surface area contributed by atoms with E-state index in [-0.39, 0.29) is 18.9 Å². The lowest BCUT2D eigenvalue weighted by atomic mass is 9.34. The van der Waals surface area contributed by atoms with E-state index in [4.69, 9.17) is 47.4 Å². The Labute approximate surface area is 466 Å². The molecule has 0 spiro atoms. The Morgan fingerprint density at radius 3 is 1.88 bits per heavy atom. The van der Waals surface area contributed by atoms with E-state index in [9.17, 15) is 76.3 Å². The molecule has 8 fully saturated rings. The minimum absolute atomic E-state index is 0.183. The van der Waals surface area contributed by atoms with Crippen LogP contribution in [0, 0.1) is 45.3 Å². The summed E-state index contributed by atoms with van der Waals surface area (Å²) in [6, 6.07) is 0. The predicted octanol–water partition coefficient (Wildman–Crippen LogP) is -2.44. The van der Waals surface area contributed by atoms with E-state index in [0.717, 1.165) is 12.5 Å². The molecule has 25 heteroatoms. The zero-order valence-corrected chi connectivity index (χ0v) is 47.3. The molecule has 0 amide bonds. The van der Waals surface area contributed by atoms with Crippen molar-refractivity contribution in [1.82, 2.24) is 0 Å². The molecule has 0 unspecified atom stereocenters. The fourth-order valence-corrected chi connectivity index (χ4v) is 16.3. The van der Waals surface area contributed by atoms with Gasteiger partial charge in [-0.15, -0.1) is 0 Å². The summed E-state index contributed by atoms with van der Waals surface area (Å²) in [4.78, 5) is 11.9. The quantitative estimate of drug-likeness (QED) is 0.0311. The average Bonchev–Trinajstić information content (AvgIpc) is 3.65. The lowest BCUT2D eigenvalue weighted by Gasteiger charge is -2.71. The number of carbonyl (C=O) groups is 1. The van der Waals surface area contributed by atoms with E-state index in [2.05, 4.69) is 20.8 Å². The number of aliphatic hydroxyl groups excluding tert-OH is 14. The monoisotopic (exact) mass is 1150 g/mol. The van der Waals surface area contributed by atoms with Gasteiger partial charge >= 0.3 is 5.97 Å². The first-order chi connectivity index (χ1) is 37.4. The van der Waals surface area contributed by atoms with Gasteiger partial charge in [0.05, 0.1) is 38.1 Å². The van der Waals surface area contributed by atoms with Crippen molar-refractivity contribution in [3.8, 4) is 0 Å². The van der Waals surface area contributed by atoms with Crippen LogP contribution in [0.3, 0.4) is 0 Å². The Morgan fingerprint density at radius 2 is 1.24 bits per heavy atom. The van der Waals surface area contributed by atoms with Crippen molar-refractivity contribution >= 4 is 5.97 Å². The summed E-state index contributed by atoms with van der Waals surface area (Å²) >= 11 is 0. The Morgan fingerprint density at radius 1 is 0.637 bits per heavy atom. The highest BCUT2D eigenvalue weighted by Gasteiger charge is 2.74. The number of fused-ring (bicyclic) bond motifs is 5. The summed E-state index contributed by atoms with van der Waals surface area (Å²) in [5.74, 6) is -3.99. The molecule has 25 nitrogen and oxygen atoms in total. The number of esters is 1. The highest BCUT2D eigenvalue weighted by atomic mass is 16.8. The van der Waals surface area contributed by atoms with Gasteiger partial charge in [0.25, 0.3) is 0 Å². The second kappa shape index (κ2) is 24.6. The largest absolute Gasteiger partial charge is 0.463 e. The van der Waals surface area contributed by atoms with Gasteiger partial charge in [0.1, 0.15) is 98.2 Å². The molecule has 8 rings (SSSR count). The number of methoxy groups -OCH3 is 1. The van der Waals surface area contributed by atoms with Gasteiger partial charge < -0.3 is 119 Å². The zero-order valence-electron chi connectivity index (χ0n) is 47.3. The van der Waals surface area contributed by atoms with Gasteiger partial charge in [-0.05, 0) is 98.2 Å². The molecule has 4 aliphatic carbocycles. The summed E-state index contributed by atoms with van der Waals surface area (Å²) < 4.78 is 60.5. The molecule has 14 N–H and O–H groups in total. The molecule has 0 aromatic rings. The number of ether oxygens (including phenoxy) is 10. The van der Waals surface area contributed by atoms with Crippen molar-refractivity contribution in [2.24, 2.45) is 45.3 Å². The van der Waals surface area contributed by atoms with Crippen LogP contribution in [-0.2, 0) is 52.2 Å². The summed E-state index contributed by atoms with van der Waals surface area (Å²) in [7, 11) is 1.48. The first-order valence-electron chi connectivity index (χ1n) is 28.4. The maximum Gasteiger partial charge on any atom is 0.302 e. The molecule has 0 radical (unpaired) electrons. The number of hydrogen-bond donors (Lipinski definition) is 14. The lowest BCUT2D eigenvalue weighted by molar-refractivity contribution is -0.390. The highest BCUT2D eigenvalue weighted by Crippen LogP contribution is 2.76. The van der Waals surface area contributed by atoms with Crippen molar-refractivity contribution in [1.29, 1.82) is 0 Å². The first kappa shape index (κ1) is 64.3. The Kier molecular flexibility index (Phi) is 19.8. The number of carbonyl (C=O) groups excluding carboxylic acids is 1. The van der Waals surface area contributed by atoms with E-state index in [1.807, 2.05) is 33.8 Å². The molecule has 30 atom stereocenters. The van der Waals surface area contributed by atoms with Gasteiger partial charge in [0.15, 0.2) is 30.9 Å². The normalized spacial score (nSPS) is 51.0. The molecular formula is C55H92O25. The third kappa shape index (κ3) is 11.5. The molecular weight excluding hydrogens is 1060 g/mol. The molecule has 0 aromatic heterocycles. The van der Waals surface area contributed by atoms with Gasteiger partial charge in [-0.3, -0.25) is 4.79 Å². The van der Waals surface area contributed by atoms with E-state index in [1.54, 1.807) is 0 Å². The van der Waals surface area contributed by atoms with E-state index < -0.39 is 206 Å². The van der Waals surface area contributed by atoms with Crippen LogP contribution in [0.15, 0.2) is 11.6 Å². The maximum absolute atomic E-state index is 12.9. The minimum atomic E-state index is -1.88. The lowest BCUT2D eigenvalue weighted by Crippen LogP contribution is -2.70. The minimum Gasteiger partial charge on any atom is -0.463 e. The third-order valence-corrected chi connectivity index (χ3v) is 20.6. The first-order valence-corrected chi connectivity index (χ1v) is 28.4. The maximum atomic E-state index is 12.9. The molecule has 80 heavy (non-hydrogen) atoms. The smallest absolute Gasteiger partial charge is 0.302 e. The second-order valence-electron chi connectivity index (χ2n) is 25.8. The van der Waals surface area contributed by atoms with Gasteiger partial charge in [-0.2, -0.15) is 0 Å². The number of rotatable bonds is 17. The van der Waals surface area contributed by atoms with Crippen LogP contribution in [0.25, 0.3) is 0 Å². The van der Waals surface area contributed by atoms with Gasteiger partial charge in [0, 0.05) is 26.4 Å². The molecule has 4 heterocycles. The van der Waals surface area contributed by atoms with Crippen LogP contribution in [0.2, 0.25) is 0 Å². The van der Waals surface area contributed by atoms with Gasteiger partial charge in [-0.1, -0.05) is 46.3 Å². The Balaban J connectivity index is 1.05. The van der Waals surface area contributed by atoms with Crippen molar-refractivity contribution < 1.29 is 124 Å². The van der Waals surface area contributed by atoms with Gasteiger partial charge in [-0.25, -0.2) is 0 Å². The fourth-order valence-electron chi connectivity index (χ4n) is 16.3. The summed E-state index contributed by atoms with van der Waals surface area (Å²) in [6.45, 7) is 13.4. The average molecular weight is 1150 g/mol. The summed E-state index contributed by atoms with van der Waals surface area (Å²) in [6.07, 6.45) is -28.3. The topological polar surface area (TPSA) is 393 Å². The molecule has 4 saturated heterocycles. The second-order valence-corrected chi connectivity index (χ2v) is 25.8. The molecule has 4 saturated carbocycles. The van der Waals surface area contributed by atoms with Crippen LogP contribution in [0.1, 0.15) is 107 Å². The number of allylic oxidation sites excluding steroid dienone is 2. The Hall–Kier alpha value is -1.71. The Bertz CT molecular complexity index is 2120. The van der Waals surface area contributed by atoms with Crippen molar-refractivity contribution in [2.45, 2.75) is 248 Å². The van der Waals surface area contributed by atoms with Crippen molar-refractivity contribution in [2.75, 3.05) is 33.5 Å². The van der Waals surface area contributed by atoms with Crippen molar-refractivity contribution in [3.05, 3.63) is 11.6 Å². The molecule has 0 aromatic carbocycles. The van der Waals surface area contributed by atoms with E-state index in [0.29, 0.717) is 44.9 Å². The zero-order chi connectivity index (χ0) is 58.9. The number of hydrogen-bond acceptors (Lipinski definition) is 25. The standard InChI is InChI=1S/C55H92O25/c1-23(2)11-10-14-55(71-9,80-49-44(70)40(66)37(63)31(76-49)22-74-47-42(68)35(61)28(60)20-73-47)25-12-16-53(7)34(25)26(58)17-32-52(6)15-13-33(51(4,5)46(52)27(59)18-54(32,53)8)78-50-45(41(67)38(64)30(77-50)21-72-24(3)57)79-48-43(69)39(65)36(62)29(19-56)75-48/h11,25-50,56,58-70H,10,12-22H2,1-9H3/t25-,26+,27-,28-,29-,30+,31+,32+,33-,34+,35+,36-,37+,38+,39+,40-,41-,42-,43-,44+,45+,46+,47-,48-,49-,50-,52+,53+,54+,55-/m0/s1. The van der Waals surface area contributed by atoms with Crippen molar-refractivity contribution in [3.63, 3.8) is 0 Å². The highest BCUT2D eigenvalue weighted by molar-refractivity contribution is 5.65. The molecule has 0 bridgehead atoms. The van der Waals surface area contributed by atoms with Crippen LogP contribution in [0.4, 0.5) is 0 Å². The molecule has 4 aliphatic heterocycles.